The maximum atomic E-state index is 13.8. The fraction of sp³-hybridized carbons (Fsp3) is 0.0769. The normalized spacial score (nSPS) is 11.6. The van der Waals surface area contributed by atoms with Gasteiger partial charge in [-0.2, -0.15) is 13.2 Å². The second-order valence-electron chi connectivity index (χ2n) is 7.71. The van der Waals surface area contributed by atoms with Crippen molar-refractivity contribution in [1.82, 2.24) is 0 Å². The smallest absolute Gasteiger partial charge is 0.453 e. The summed E-state index contributed by atoms with van der Waals surface area (Å²) in [7, 11) is 1.42. The Bertz CT molecular complexity index is 1700. The lowest BCUT2D eigenvalue weighted by atomic mass is 10.2. The van der Waals surface area contributed by atoms with Gasteiger partial charge in [-0.05, 0) is 60.7 Å². The van der Waals surface area contributed by atoms with E-state index in [1.54, 1.807) is 18.2 Å². The lowest BCUT2D eigenvalue weighted by Gasteiger charge is -2.13. The monoisotopic (exact) mass is 530 g/mol. The molecule has 0 fully saturated rings. The third kappa shape index (κ3) is 4.83. The van der Waals surface area contributed by atoms with Crippen LogP contribution < -0.4 is 19.6 Å². The summed E-state index contributed by atoms with van der Waals surface area (Å²) in [4.78, 5) is 25.5. The Morgan fingerprint density at radius 1 is 0.865 bits per heavy atom. The van der Waals surface area contributed by atoms with Crippen molar-refractivity contribution in [2.75, 3.05) is 7.11 Å². The summed E-state index contributed by atoms with van der Waals surface area (Å²) in [5, 5.41) is 0.784. The Kier molecular flexibility index (Phi) is 6.04. The zero-order valence-corrected chi connectivity index (χ0v) is 19.5. The maximum absolute atomic E-state index is 13.8. The Balaban J connectivity index is 1.50. The number of ether oxygens (including phenoxy) is 3. The number of fused-ring (bicyclic) bond motifs is 2. The predicted octanol–water partition coefficient (Wildman–Crippen LogP) is 7.23. The van der Waals surface area contributed by atoms with Gasteiger partial charge in [-0.25, -0.2) is 4.79 Å². The first-order valence-electron chi connectivity index (χ1n) is 10.5. The first-order valence-corrected chi connectivity index (χ1v) is 10.9. The van der Waals surface area contributed by atoms with E-state index < -0.39 is 34.7 Å². The van der Waals surface area contributed by atoms with E-state index in [0.29, 0.717) is 21.7 Å². The minimum absolute atomic E-state index is 0.0318. The van der Waals surface area contributed by atoms with Crippen LogP contribution in [0.5, 0.6) is 23.0 Å². The van der Waals surface area contributed by atoms with E-state index in [1.165, 1.54) is 49.6 Å². The van der Waals surface area contributed by atoms with Gasteiger partial charge >= 0.3 is 12.1 Å². The first-order chi connectivity index (χ1) is 17.6. The van der Waals surface area contributed by atoms with E-state index in [1.807, 2.05) is 0 Å². The van der Waals surface area contributed by atoms with Gasteiger partial charge in [0.05, 0.1) is 12.5 Å². The van der Waals surface area contributed by atoms with Crippen molar-refractivity contribution in [3.05, 3.63) is 93.5 Å². The van der Waals surface area contributed by atoms with E-state index in [2.05, 4.69) is 0 Å². The van der Waals surface area contributed by atoms with Gasteiger partial charge in [0.2, 0.25) is 16.9 Å². The highest BCUT2D eigenvalue weighted by molar-refractivity contribution is 6.31. The SMILES string of the molecule is COc1ccc(Oc2c(C(F)(F)F)oc3cc(OC(=O)c4cc5cc(Cl)ccc5o4)ccc3c2=O)cc1. The molecule has 37 heavy (non-hydrogen) atoms. The summed E-state index contributed by atoms with van der Waals surface area (Å²) < 4.78 is 67.4. The minimum Gasteiger partial charge on any atom is -0.497 e. The van der Waals surface area contributed by atoms with Crippen LogP contribution in [-0.4, -0.2) is 13.1 Å². The molecule has 0 atom stereocenters. The molecule has 0 N–H and O–H groups in total. The lowest BCUT2D eigenvalue weighted by Crippen LogP contribution is -2.15. The van der Waals surface area contributed by atoms with E-state index in [0.717, 1.165) is 6.07 Å². The van der Waals surface area contributed by atoms with Crippen LogP contribution in [0.2, 0.25) is 5.02 Å². The molecule has 0 aliphatic heterocycles. The summed E-state index contributed by atoms with van der Waals surface area (Å²) >= 11 is 5.93. The fourth-order valence-corrected chi connectivity index (χ4v) is 3.71. The Labute approximate surface area is 210 Å². The number of furan rings is 1. The molecule has 188 valence electrons. The van der Waals surface area contributed by atoms with Gasteiger partial charge < -0.3 is 23.0 Å². The zero-order chi connectivity index (χ0) is 26.3. The first kappa shape index (κ1) is 24.3. The topological polar surface area (TPSA) is 88.1 Å². The molecule has 2 heterocycles. The third-order valence-corrected chi connectivity index (χ3v) is 5.48. The average Bonchev–Trinajstić information content (AvgIpc) is 3.29. The van der Waals surface area contributed by atoms with Crippen molar-refractivity contribution in [3.8, 4) is 23.0 Å². The van der Waals surface area contributed by atoms with Crippen LogP contribution in [0, 0.1) is 0 Å². The van der Waals surface area contributed by atoms with Crippen molar-refractivity contribution in [2.24, 2.45) is 0 Å². The van der Waals surface area contributed by atoms with Gasteiger partial charge in [0.25, 0.3) is 5.76 Å². The quantitative estimate of drug-likeness (QED) is 0.175. The van der Waals surface area contributed by atoms with Crippen LogP contribution in [0.15, 0.2) is 80.4 Å². The number of carbonyl (C=O) groups excluding carboxylic acids is 1. The summed E-state index contributed by atoms with van der Waals surface area (Å²) in [5.41, 5.74) is -1.13. The largest absolute Gasteiger partial charge is 0.497 e. The molecule has 5 rings (SSSR count). The Morgan fingerprint density at radius 2 is 1.57 bits per heavy atom. The molecule has 0 bridgehead atoms. The molecule has 11 heteroatoms. The zero-order valence-electron chi connectivity index (χ0n) is 18.7. The number of hydrogen-bond acceptors (Lipinski definition) is 7. The highest BCUT2D eigenvalue weighted by Crippen LogP contribution is 2.39. The number of halogens is 4. The summed E-state index contributed by atoms with van der Waals surface area (Å²) in [6.45, 7) is 0. The van der Waals surface area contributed by atoms with Gasteiger partial charge in [-0.1, -0.05) is 11.6 Å². The van der Waals surface area contributed by atoms with Crippen molar-refractivity contribution in [2.45, 2.75) is 6.18 Å². The van der Waals surface area contributed by atoms with Crippen molar-refractivity contribution in [3.63, 3.8) is 0 Å². The van der Waals surface area contributed by atoms with Crippen molar-refractivity contribution in [1.29, 1.82) is 0 Å². The van der Waals surface area contributed by atoms with Gasteiger partial charge in [0, 0.05) is 16.5 Å². The molecule has 0 aliphatic rings. The maximum Gasteiger partial charge on any atom is 0.453 e. The standard InChI is InChI=1S/C26H14ClF3O7/c1-33-15-3-5-16(6-4-15)34-23-22(31)18-8-7-17(12-20(18)37-24(23)26(28,29)30)35-25(32)21-11-13-10-14(27)2-9-19(13)36-21/h2-12H,1H3. The average molecular weight is 531 g/mol. The highest BCUT2D eigenvalue weighted by atomic mass is 35.5. The molecule has 5 aromatic rings. The molecule has 7 nitrogen and oxygen atoms in total. The van der Waals surface area contributed by atoms with Gasteiger partial charge in [0.1, 0.15) is 28.4 Å². The number of hydrogen-bond donors (Lipinski definition) is 0. The second kappa shape index (κ2) is 9.21. The Hall–Kier alpha value is -4.44. The summed E-state index contributed by atoms with van der Waals surface area (Å²) in [6, 6.07) is 15.2. The molecule has 2 aromatic heterocycles. The number of rotatable bonds is 5. The molecule has 0 radical (unpaired) electrons. The Morgan fingerprint density at radius 3 is 2.27 bits per heavy atom. The van der Waals surface area contributed by atoms with Crippen molar-refractivity contribution < 1.29 is 41.0 Å². The number of alkyl halides is 3. The van der Waals surface area contributed by atoms with Crippen LogP contribution in [0.3, 0.4) is 0 Å². The van der Waals surface area contributed by atoms with E-state index in [4.69, 9.17) is 34.6 Å². The molecule has 3 aromatic carbocycles. The minimum atomic E-state index is -5.06. The lowest BCUT2D eigenvalue weighted by molar-refractivity contribution is -0.154. The number of methoxy groups -OCH3 is 1. The molecule has 0 unspecified atom stereocenters. The number of benzene rings is 3. The summed E-state index contributed by atoms with van der Waals surface area (Å²) in [6.07, 6.45) is -5.06. The van der Waals surface area contributed by atoms with Crippen LogP contribution in [0.4, 0.5) is 13.2 Å². The van der Waals surface area contributed by atoms with Crippen LogP contribution in [0.25, 0.3) is 21.9 Å². The van der Waals surface area contributed by atoms with Crippen LogP contribution in [-0.2, 0) is 6.18 Å². The molecular weight excluding hydrogens is 517 g/mol. The third-order valence-electron chi connectivity index (χ3n) is 5.25. The second-order valence-corrected chi connectivity index (χ2v) is 8.14. The van der Waals surface area contributed by atoms with Gasteiger partial charge in [-0.15, -0.1) is 0 Å². The van der Waals surface area contributed by atoms with Crippen molar-refractivity contribution >= 4 is 39.5 Å². The van der Waals surface area contributed by atoms with Gasteiger partial charge in [-0.3, -0.25) is 4.79 Å². The number of carbonyl (C=O) groups is 1. The van der Waals surface area contributed by atoms with Gasteiger partial charge in [0.15, 0.2) is 0 Å². The van der Waals surface area contributed by atoms with Crippen LogP contribution in [0.1, 0.15) is 16.3 Å². The van der Waals surface area contributed by atoms with E-state index in [9.17, 15) is 22.8 Å². The predicted molar refractivity (Wildman–Crippen MR) is 127 cm³/mol. The molecule has 0 amide bonds. The van der Waals surface area contributed by atoms with E-state index in [-0.39, 0.29) is 22.6 Å². The molecule has 0 saturated heterocycles. The molecular formula is C26H14ClF3O7. The number of esters is 1. The summed E-state index contributed by atoms with van der Waals surface area (Å²) in [5.74, 6) is -3.49. The van der Waals surface area contributed by atoms with Crippen LogP contribution >= 0.6 is 11.6 Å². The molecule has 0 saturated carbocycles. The molecule has 0 aliphatic carbocycles. The molecule has 0 spiro atoms. The van der Waals surface area contributed by atoms with E-state index >= 15 is 0 Å². The fourth-order valence-electron chi connectivity index (χ4n) is 3.53. The highest BCUT2D eigenvalue weighted by Gasteiger charge is 2.40.